The molecule has 9 heteroatoms. The van der Waals surface area contributed by atoms with Gasteiger partial charge >= 0.3 is 0 Å². The molecule has 0 aromatic rings. The molecular formula is C4H7Cl4N2P3. The molecule has 0 aliphatic rings. The van der Waals surface area contributed by atoms with E-state index in [9.17, 15) is 0 Å². The highest BCUT2D eigenvalue weighted by atomic mass is 35.9. The zero-order valence-corrected chi connectivity index (χ0v) is 12.6. The van der Waals surface area contributed by atoms with Gasteiger partial charge in [-0.05, 0) is 36.6 Å². The van der Waals surface area contributed by atoms with Crippen LogP contribution in [-0.4, -0.2) is 10.6 Å². The lowest BCUT2D eigenvalue weighted by atomic mass is 10.8. The summed E-state index contributed by atoms with van der Waals surface area (Å²) in [4.78, 5) is 0. The third kappa shape index (κ3) is 6.78. The Kier molecular flexibility index (Phi) is 9.07. The van der Waals surface area contributed by atoms with Crippen molar-refractivity contribution in [2.75, 3.05) is 6.66 Å². The predicted octanol–water partition coefficient (Wildman–Crippen LogP) is 5.62. The first-order chi connectivity index (χ1) is 5.99. The predicted molar refractivity (Wildman–Crippen MR) is 69.2 cm³/mol. The summed E-state index contributed by atoms with van der Waals surface area (Å²) in [6.45, 7) is 2.26. The molecule has 0 spiro atoms. The van der Waals surface area contributed by atoms with Crippen LogP contribution in [0.15, 0.2) is 4.52 Å². The van der Waals surface area contributed by atoms with Crippen LogP contribution in [-0.2, 0) is 0 Å². The summed E-state index contributed by atoms with van der Waals surface area (Å²) in [6.07, 6.45) is 0. The molecule has 0 aromatic carbocycles. The van der Waals surface area contributed by atoms with Gasteiger partial charge in [-0.1, -0.05) is 28.1 Å². The number of hydrogen-bond acceptors (Lipinski definition) is 2. The van der Waals surface area contributed by atoms with Gasteiger partial charge in [0, 0.05) is 7.71 Å². The standard InChI is InChI=1S/C4H7Cl4N2P3/c1-3-4-11(2)9-13(8)10(5)12(6)7/h11H,1-2H3. The third-order valence-electron chi connectivity index (χ3n) is 0.799. The van der Waals surface area contributed by atoms with Gasteiger partial charge in [0.05, 0.1) is 0 Å². The Labute approximate surface area is 101 Å². The summed E-state index contributed by atoms with van der Waals surface area (Å²) in [5, 5.41) is 0. The van der Waals surface area contributed by atoms with Crippen LogP contribution in [0.2, 0.25) is 0 Å². The highest BCUT2D eigenvalue weighted by Crippen LogP contribution is 2.68. The maximum absolute atomic E-state index is 5.85. The molecule has 0 aliphatic carbocycles. The Morgan fingerprint density at radius 1 is 1.38 bits per heavy atom. The van der Waals surface area contributed by atoms with E-state index in [1.807, 2.05) is 6.66 Å². The lowest BCUT2D eigenvalue weighted by Gasteiger charge is -2.14. The molecule has 0 aromatic heterocycles. The summed E-state index contributed by atoms with van der Waals surface area (Å²) < 4.78 is 5.34. The van der Waals surface area contributed by atoms with Gasteiger partial charge < -0.3 is 0 Å². The van der Waals surface area contributed by atoms with Crippen molar-refractivity contribution >= 4 is 67.6 Å². The van der Waals surface area contributed by atoms with Crippen LogP contribution in [0.4, 0.5) is 0 Å². The largest absolute Gasteiger partial charge is 0.238 e. The zero-order chi connectivity index (χ0) is 10.4. The highest BCUT2D eigenvalue weighted by Gasteiger charge is 2.20. The molecule has 2 atom stereocenters. The molecule has 0 N–H and O–H groups in total. The Morgan fingerprint density at radius 3 is 2.31 bits per heavy atom. The molecule has 0 fully saturated rings. The van der Waals surface area contributed by atoms with Gasteiger partial charge in [-0.25, -0.2) is 4.52 Å². The third-order valence-corrected chi connectivity index (χ3v) is 9.41. The smallest absolute Gasteiger partial charge is 0.208 e. The highest BCUT2D eigenvalue weighted by molar-refractivity contribution is 8.08. The minimum atomic E-state index is -1.43. The van der Waals surface area contributed by atoms with E-state index in [1.54, 1.807) is 6.92 Å². The van der Waals surface area contributed by atoms with Crippen molar-refractivity contribution < 1.29 is 0 Å². The summed E-state index contributed by atoms with van der Waals surface area (Å²) in [6, 6.07) is 0. The van der Waals surface area contributed by atoms with Gasteiger partial charge in [0.15, 0.2) is 6.78 Å². The van der Waals surface area contributed by atoms with Crippen LogP contribution in [0.25, 0.3) is 0 Å². The van der Waals surface area contributed by atoms with Crippen LogP contribution >= 0.6 is 67.6 Å². The molecule has 0 heterocycles. The lowest BCUT2D eigenvalue weighted by molar-refractivity contribution is 1.22. The van der Waals surface area contributed by atoms with Gasteiger partial charge in [0.1, 0.15) is 0 Å². The summed E-state index contributed by atoms with van der Waals surface area (Å²) in [5.41, 5.74) is 2.92. The fourth-order valence-electron chi connectivity index (χ4n) is 0.422. The second kappa shape index (κ2) is 7.98. The molecule has 0 rings (SSSR count). The van der Waals surface area contributed by atoms with E-state index in [-0.39, 0.29) is 0 Å². The Morgan fingerprint density at radius 2 is 1.92 bits per heavy atom. The molecule has 2 unspecified atom stereocenters. The first kappa shape index (κ1) is 14.8. The van der Waals surface area contributed by atoms with Crippen LogP contribution < -0.4 is 0 Å². The van der Waals surface area contributed by atoms with Crippen molar-refractivity contribution in [3.63, 3.8) is 0 Å². The Hall–Kier alpha value is 1.77. The van der Waals surface area contributed by atoms with E-state index in [2.05, 4.69) is 16.1 Å². The molecule has 2 nitrogen and oxygen atoms in total. The molecular weight excluding hydrogens is 311 g/mol. The minimum absolute atomic E-state index is 1.09. The molecule has 0 bridgehead atoms. The lowest BCUT2D eigenvalue weighted by Crippen LogP contribution is -1.83. The first-order valence-corrected chi connectivity index (χ1v) is 10.5. The van der Waals surface area contributed by atoms with Crippen molar-refractivity contribution in [2.45, 2.75) is 6.92 Å². The molecule has 76 valence electrons. The average Bonchev–Trinajstić information content (AvgIpc) is 2.03. The van der Waals surface area contributed by atoms with Crippen molar-refractivity contribution in [2.24, 2.45) is 4.52 Å². The van der Waals surface area contributed by atoms with Crippen LogP contribution in [0.1, 0.15) is 6.92 Å². The van der Waals surface area contributed by atoms with Gasteiger partial charge in [-0.2, -0.15) is 0 Å². The van der Waals surface area contributed by atoms with E-state index in [0.717, 1.165) is 3.96 Å². The molecule has 0 radical (unpaired) electrons. The van der Waals surface area contributed by atoms with Crippen molar-refractivity contribution in [3.8, 4) is 11.6 Å². The normalized spacial score (nSPS) is 15.7. The molecule has 0 saturated carbocycles. The van der Waals surface area contributed by atoms with Gasteiger partial charge in [-0.15, -0.1) is 9.88 Å². The molecule has 0 amide bonds. The van der Waals surface area contributed by atoms with E-state index in [1.165, 1.54) is 0 Å². The second-order valence-corrected chi connectivity index (χ2v) is 10.2. The molecule has 13 heavy (non-hydrogen) atoms. The van der Waals surface area contributed by atoms with Crippen molar-refractivity contribution in [1.29, 1.82) is 0 Å². The summed E-state index contributed by atoms with van der Waals surface area (Å²) in [5.74, 6) is 2.77. The van der Waals surface area contributed by atoms with Gasteiger partial charge in [0.2, 0.25) is 7.58 Å². The van der Waals surface area contributed by atoms with Crippen molar-refractivity contribution in [3.05, 3.63) is 0 Å². The fourth-order valence-corrected chi connectivity index (χ4v) is 6.78. The number of rotatable bonds is 3. The van der Waals surface area contributed by atoms with Crippen LogP contribution in [0.5, 0.6) is 0 Å². The quantitative estimate of drug-likeness (QED) is 0.374. The molecule has 0 saturated heterocycles. The van der Waals surface area contributed by atoms with Crippen LogP contribution in [0, 0.1) is 11.6 Å². The van der Waals surface area contributed by atoms with E-state index >= 15 is 0 Å². The Balaban J connectivity index is 4.33. The monoisotopic (exact) mass is 316 g/mol. The minimum Gasteiger partial charge on any atom is -0.238 e. The maximum atomic E-state index is 5.85. The topological polar surface area (TPSA) is 15.6 Å². The second-order valence-electron chi connectivity index (χ2n) is 1.76. The van der Waals surface area contributed by atoms with E-state index in [0.29, 0.717) is 0 Å². The van der Waals surface area contributed by atoms with Gasteiger partial charge in [0.25, 0.3) is 0 Å². The van der Waals surface area contributed by atoms with Crippen molar-refractivity contribution in [1.82, 2.24) is 3.96 Å². The molecule has 0 aliphatic heterocycles. The SMILES string of the molecule is CC#C/[PH](C)=N\P(Cl)N(Cl)P(Cl)Cl. The zero-order valence-electron chi connectivity index (χ0n) is 6.80. The van der Waals surface area contributed by atoms with E-state index in [4.69, 9.17) is 45.5 Å². The Bertz CT molecular complexity index is 248. The van der Waals surface area contributed by atoms with Gasteiger partial charge in [-0.3, -0.25) is 0 Å². The fraction of sp³-hybridized carbons (Fsp3) is 0.500. The summed E-state index contributed by atoms with van der Waals surface area (Å²) >= 11 is 22.6. The first-order valence-electron chi connectivity index (χ1n) is 3.00. The summed E-state index contributed by atoms with van der Waals surface area (Å²) in [7, 11) is -2.42. The number of hydrogen-bond donors (Lipinski definition) is 0. The van der Waals surface area contributed by atoms with Crippen LogP contribution in [0.3, 0.4) is 0 Å². The average molecular weight is 318 g/mol. The number of halogens is 4. The maximum Gasteiger partial charge on any atom is 0.208 e. The van der Waals surface area contributed by atoms with E-state index < -0.39 is 22.1 Å². The number of nitrogens with zero attached hydrogens (tertiary/aromatic N) is 2.